The molecule has 0 aliphatic carbocycles. The molecule has 1 amide bonds. The number of rotatable bonds is 5. The summed E-state index contributed by atoms with van der Waals surface area (Å²) in [6.45, 7) is 9.98. The fourth-order valence-corrected chi connectivity index (χ4v) is 4.69. The normalized spacial score (nSPS) is 18.3. The first-order valence-electron chi connectivity index (χ1n) is 11.7. The minimum atomic E-state index is -0.517. The average molecular weight is 478 g/mol. The number of piperazine rings is 1. The van der Waals surface area contributed by atoms with E-state index < -0.39 is 11.7 Å². The van der Waals surface area contributed by atoms with Crippen molar-refractivity contribution in [2.24, 2.45) is 0 Å². The summed E-state index contributed by atoms with van der Waals surface area (Å²) in [6, 6.07) is 5.52. The van der Waals surface area contributed by atoms with E-state index in [1.54, 1.807) is 36.0 Å². The Kier molecular flexibility index (Phi) is 5.98. The molecule has 2 N–H and O–H groups in total. The Bertz CT molecular complexity index is 1410. The second-order valence-corrected chi connectivity index (χ2v) is 8.99. The van der Waals surface area contributed by atoms with Gasteiger partial charge in [0.25, 0.3) is 5.91 Å². The van der Waals surface area contributed by atoms with Gasteiger partial charge in [-0.25, -0.2) is 19.3 Å². The fourth-order valence-electron chi connectivity index (χ4n) is 4.69. The van der Waals surface area contributed by atoms with E-state index in [0.29, 0.717) is 52.5 Å². The first-order valence-corrected chi connectivity index (χ1v) is 11.7. The zero-order valence-electron chi connectivity index (χ0n) is 20.2. The number of halogens is 1. The number of ether oxygens (including phenoxy) is 1. The molecule has 4 heterocycles. The highest BCUT2D eigenvalue weighted by Gasteiger charge is 2.25. The standard InChI is InChI=1S/C25H28FN7O2/c1-5-35-21-9-27-23-20(32-10-14(2)28-15(3)11-32)7-6-18(22(23)31-21)25(34)30-17-8-19(26)24-29-16(4)12-33(24)13-17/h6-9,12-15,28H,5,10-11H2,1-4H3,(H,30,34)/t14-,15+. The molecule has 4 aromatic rings. The molecule has 0 radical (unpaired) electrons. The highest BCUT2D eigenvalue weighted by atomic mass is 19.1. The van der Waals surface area contributed by atoms with Gasteiger partial charge in [0.05, 0.1) is 35.4 Å². The Balaban J connectivity index is 1.55. The number of nitrogens with zero attached hydrogens (tertiary/aromatic N) is 5. The summed E-state index contributed by atoms with van der Waals surface area (Å²) >= 11 is 0. The lowest BCUT2D eigenvalue weighted by Crippen LogP contribution is -2.54. The van der Waals surface area contributed by atoms with Gasteiger partial charge in [0.2, 0.25) is 5.88 Å². The highest BCUT2D eigenvalue weighted by molar-refractivity contribution is 6.13. The third-order valence-electron chi connectivity index (χ3n) is 5.98. The summed E-state index contributed by atoms with van der Waals surface area (Å²) in [5, 5.41) is 6.33. The fraction of sp³-hybridized carbons (Fsp3) is 0.360. The van der Waals surface area contributed by atoms with E-state index in [9.17, 15) is 9.18 Å². The molecule has 9 nitrogen and oxygen atoms in total. The van der Waals surface area contributed by atoms with Crippen molar-refractivity contribution in [2.45, 2.75) is 39.8 Å². The van der Waals surface area contributed by atoms with Crippen LogP contribution in [0.3, 0.4) is 0 Å². The maximum absolute atomic E-state index is 14.5. The molecule has 35 heavy (non-hydrogen) atoms. The monoisotopic (exact) mass is 477 g/mol. The van der Waals surface area contributed by atoms with Crippen LogP contribution in [-0.2, 0) is 0 Å². The molecule has 1 saturated heterocycles. The Hall–Kier alpha value is -3.79. The van der Waals surface area contributed by atoms with Crippen molar-refractivity contribution in [1.29, 1.82) is 0 Å². The van der Waals surface area contributed by atoms with Crippen molar-refractivity contribution in [3.63, 3.8) is 0 Å². The van der Waals surface area contributed by atoms with E-state index in [0.717, 1.165) is 18.8 Å². The van der Waals surface area contributed by atoms with Crippen LogP contribution in [0, 0.1) is 12.7 Å². The van der Waals surface area contributed by atoms with E-state index in [4.69, 9.17) is 4.74 Å². The Morgan fingerprint density at radius 1 is 1.20 bits per heavy atom. The summed E-state index contributed by atoms with van der Waals surface area (Å²) in [5.41, 5.74) is 3.50. The number of anilines is 2. The second kappa shape index (κ2) is 9.10. The molecule has 2 atom stereocenters. The van der Waals surface area contributed by atoms with Gasteiger partial charge in [0.15, 0.2) is 11.5 Å². The van der Waals surface area contributed by atoms with Crippen molar-refractivity contribution in [3.05, 3.63) is 53.9 Å². The van der Waals surface area contributed by atoms with E-state index in [2.05, 4.69) is 44.3 Å². The molecule has 10 heteroatoms. The largest absolute Gasteiger partial charge is 0.477 e. The first-order chi connectivity index (χ1) is 16.8. The Morgan fingerprint density at radius 2 is 1.97 bits per heavy atom. The lowest BCUT2D eigenvalue weighted by Gasteiger charge is -2.38. The number of nitrogens with one attached hydrogen (secondary N) is 2. The van der Waals surface area contributed by atoms with Gasteiger partial charge in [0, 0.05) is 43.6 Å². The number of carbonyl (C=O) groups excluding carboxylic acids is 1. The molecule has 0 bridgehead atoms. The lowest BCUT2D eigenvalue weighted by atomic mass is 10.1. The van der Waals surface area contributed by atoms with E-state index in [1.165, 1.54) is 6.07 Å². The van der Waals surface area contributed by atoms with Crippen molar-refractivity contribution < 1.29 is 13.9 Å². The predicted molar refractivity (Wildman–Crippen MR) is 133 cm³/mol. The predicted octanol–water partition coefficient (Wildman–Crippen LogP) is 3.56. The summed E-state index contributed by atoms with van der Waals surface area (Å²) in [5.74, 6) is -0.590. The smallest absolute Gasteiger partial charge is 0.257 e. The van der Waals surface area contributed by atoms with Gasteiger partial charge in [0.1, 0.15) is 11.0 Å². The number of aryl methyl sites for hydroxylation is 1. The van der Waals surface area contributed by atoms with E-state index in [-0.39, 0.29) is 5.65 Å². The summed E-state index contributed by atoms with van der Waals surface area (Å²) in [6.07, 6.45) is 4.91. The molecule has 1 aliphatic rings. The van der Waals surface area contributed by atoms with Crippen molar-refractivity contribution >= 4 is 34.0 Å². The van der Waals surface area contributed by atoms with Crippen LogP contribution in [0.4, 0.5) is 15.8 Å². The molecule has 0 spiro atoms. The number of hydrogen-bond donors (Lipinski definition) is 2. The molecule has 0 saturated carbocycles. The third kappa shape index (κ3) is 4.49. The zero-order valence-corrected chi connectivity index (χ0v) is 20.2. The van der Waals surface area contributed by atoms with Crippen LogP contribution in [-0.4, -0.2) is 57.0 Å². The van der Waals surface area contributed by atoms with Gasteiger partial charge in [-0.2, -0.15) is 0 Å². The maximum atomic E-state index is 14.5. The number of amides is 1. The minimum absolute atomic E-state index is 0.210. The lowest BCUT2D eigenvalue weighted by molar-refractivity contribution is 0.102. The number of imidazole rings is 1. The number of aromatic nitrogens is 4. The van der Waals surface area contributed by atoms with Crippen LogP contribution in [0.25, 0.3) is 16.7 Å². The topological polar surface area (TPSA) is 96.7 Å². The van der Waals surface area contributed by atoms with Gasteiger partial charge in [-0.15, -0.1) is 0 Å². The van der Waals surface area contributed by atoms with Gasteiger partial charge in [-0.3, -0.25) is 4.79 Å². The highest BCUT2D eigenvalue weighted by Crippen LogP contribution is 2.30. The van der Waals surface area contributed by atoms with Crippen LogP contribution in [0.1, 0.15) is 36.8 Å². The number of benzene rings is 1. The molecule has 0 unspecified atom stereocenters. The van der Waals surface area contributed by atoms with Crippen LogP contribution in [0.15, 0.2) is 36.8 Å². The summed E-state index contributed by atoms with van der Waals surface area (Å²) < 4.78 is 21.7. The summed E-state index contributed by atoms with van der Waals surface area (Å²) in [7, 11) is 0. The van der Waals surface area contributed by atoms with Gasteiger partial charge >= 0.3 is 0 Å². The molecule has 1 fully saturated rings. The number of fused-ring (bicyclic) bond motifs is 2. The van der Waals surface area contributed by atoms with Crippen LogP contribution in [0.5, 0.6) is 5.88 Å². The Labute approximate surface area is 202 Å². The van der Waals surface area contributed by atoms with Gasteiger partial charge < -0.3 is 24.7 Å². The average Bonchev–Trinajstić information content (AvgIpc) is 3.18. The van der Waals surface area contributed by atoms with Crippen LogP contribution < -0.4 is 20.3 Å². The summed E-state index contributed by atoms with van der Waals surface area (Å²) in [4.78, 5) is 29.0. The van der Waals surface area contributed by atoms with Crippen molar-refractivity contribution in [2.75, 3.05) is 29.9 Å². The quantitative estimate of drug-likeness (QED) is 0.454. The molecule has 1 aliphatic heterocycles. The molecule has 1 aromatic carbocycles. The van der Waals surface area contributed by atoms with Crippen molar-refractivity contribution in [3.8, 4) is 5.88 Å². The third-order valence-corrected chi connectivity index (χ3v) is 5.98. The molecule has 5 rings (SSSR count). The number of pyridine rings is 1. The van der Waals surface area contributed by atoms with Crippen LogP contribution in [0.2, 0.25) is 0 Å². The minimum Gasteiger partial charge on any atom is -0.477 e. The second-order valence-electron chi connectivity index (χ2n) is 8.99. The van der Waals surface area contributed by atoms with E-state index in [1.807, 2.05) is 13.0 Å². The zero-order chi connectivity index (χ0) is 24.7. The SMILES string of the molecule is CCOc1cnc2c(N3C[C@@H](C)N[C@@H](C)C3)ccc(C(=O)Nc3cc(F)c4nc(C)cn4c3)c2n1. The van der Waals surface area contributed by atoms with Crippen molar-refractivity contribution in [1.82, 2.24) is 24.7 Å². The molecule has 3 aromatic heterocycles. The van der Waals surface area contributed by atoms with Gasteiger partial charge in [-0.1, -0.05) is 0 Å². The van der Waals surface area contributed by atoms with E-state index >= 15 is 0 Å². The molecular weight excluding hydrogens is 449 g/mol. The first kappa shape index (κ1) is 23.0. The number of carbonyl (C=O) groups is 1. The number of hydrogen-bond acceptors (Lipinski definition) is 7. The van der Waals surface area contributed by atoms with Gasteiger partial charge in [-0.05, 0) is 39.8 Å². The maximum Gasteiger partial charge on any atom is 0.257 e. The molecular formula is C25H28FN7O2. The van der Waals surface area contributed by atoms with Crippen LogP contribution >= 0.6 is 0 Å². The molecule has 182 valence electrons. The Morgan fingerprint density at radius 3 is 2.71 bits per heavy atom.